The first-order valence-corrected chi connectivity index (χ1v) is 5.41. The normalized spacial score (nSPS) is 19.4. The van der Waals surface area contributed by atoms with E-state index in [1.165, 1.54) is 0 Å². The van der Waals surface area contributed by atoms with Crippen molar-refractivity contribution in [1.82, 2.24) is 21.5 Å². The van der Waals surface area contributed by atoms with Gasteiger partial charge in [0.15, 0.2) is 0 Å². The predicted molar refractivity (Wildman–Crippen MR) is 61.4 cm³/mol. The minimum atomic E-state index is -0.148. The maximum absolute atomic E-state index is 11.5. The highest BCUT2D eigenvalue weighted by Gasteiger charge is 2.15. The van der Waals surface area contributed by atoms with Gasteiger partial charge in [-0.05, 0) is 12.0 Å². The standard InChI is InChI=1S/C11H16N4O/c16-11(14-10-6-7-13-15-10)12-8-9-4-2-1-3-5-9/h1-5,10,13,15H,6-8H2,(H2,12,14,16). The Morgan fingerprint density at radius 3 is 2.88 bits per heavy atom. The molecule has 1 aromatic rings. The van der Waals surface area contributed by atoms with Gasteiger partial charge in [-0.1, -0.05) is 30.3 Å². The van der Waals surface area contributed by atoms with Gasteiger partial charge in [0.2, 0.25) is 0 Å². The van der Waals surface area contributed by atoms with Crippen molar-refractivity contribution in [3.8, 4) is 0 Å². The van der Waals surface area contributed by atoms with E-state index in [1.54, 1.807) is 0 Å². The van der Waals surface area contributed by atoms with E-state index in [4.69, 9.17) is 0 Å². The average molecular weight is 220 g/mol. The van der Waals surface area contributed by atoms with Crippen LogP contribution in [0.2, 0.25) is 0 Å². The summed E-state index contributed by atoms with van der Waals surface area (Å²) >= 11 is 0. The molecule has 5 nitrogen and oxygen atoms in total. The van der Waals surface area contributed by atoms with Gasteiger partial charge in [-0.15, -0.1) is 0 Å². The Kier molecular flexibility index (Phi) is 3.74. The molecule has 0 spiro atoms. The zero-order chi connectivity index (χ0) is 11.2. The summed E-state index contributed by atoms with van der Waals surface area (Å²) in [5.74, 6) is 0. The second kappa shape index (κ2) is 5.48. The monoisotopic (exact) mass is 220 g/mol. The van der Waals surface area contributed by atoms with Gasteiger partial charge in [-0.3, -0.25) is 5.43 Å². The third-order valence-electron chi connectivity index (χ3n) is 2.44. The molecule has 1 saturated heterocycles. The van der Waals surface area contributed by atoms with E-state index in [0.717, 1.165) is 18.5 Å². The molecule has 2 amide bonds. The summed E-state index contributed by atoms with van der Waals surface area (Å²) in [6.07, 6.45) is 0.925. The summed E-state index contributed by atoms with van der Waals surface area (Å²) in [5.41, 5.74) is 7.02. The highest BCUT2D eigenvalue weighted by Crippen LogP contribution is 1.97. The van der Waals surface area contributed by atoms with Crippen LogP contribution in [0.3, 0.4) is 0 Å². The molecule has 0 radical (unpaired) electrons. The van der Waals surface area contributed by atoms with Gasteiger partial charge in [0.05, 0.1) is 6.17 Å². The number of rotatable bonds is 3. The molecular weight excluding hydrogens is 204 g/mol. The largest absolute Gasteiger partial charge is 0.334 e. The molecule has 1 aromatic carbocycles. The zero-order valence-electron chi connectivity index (χ0n) is 8.99. The first kappa shape index (κ1) is 10.9. The molecule has 1 heterocycles. The topological polar surface area (TPSA) is 65.2 Å². The molecular formula is C11H16N4O. The van der Waals surface area contributed by atoms with Crippen LogP contribution in [-0.2, 0) is 6.54 Å². The minimum Gasteiger partial charge on any atom is -0.334 e. The van der Waals surface area contributed by atoms with Crippen molar-refractivity contribution in [2.75, 3.05) is 6.54 Å². The van der Waals surface area contributed by atoms with Gasteiger partial charge >= 0.3 is 6.03 Å². The van der Waals surface area contributed by atoms with Crippen LogP contribution < -0.4 is 21.5 Å². The third-order valence-corrected chi connectivity index (χ3v) is 2.44. The number of urea groups is 1. The predicted octanol–water partition coefficient (Wildman–Crippen LogP) is 0.310. The lowest BCUT2D eigenvalue weighted by atomic mass is 10.2. The smallest absolute Gasteiger partial charge is 0.316 e. The maximum atomic E-state index is 11.5. The number of nitrogens with one attached hydrogen (secondary N) is 4. The van der Waals surface area contributed by atoms with Crippen LogP contribution in [-0.4, -0.2) is 18.7 Å². The van der Waals surface area contributed by atoms with E-state index >= 15 is 0 Å². The summed E-state index contributed by atoms with van der Waals surface area (Å²) in [5, 5.41) is 5.63. The van der Waals surface area contributed by atoms with E-state index in [2.05, 4.69) is 21.5 Å². The van der Waals surface area contributed by atoms with Crippen molar-refractivity contribution in [1.29, 1.82) is 0 Å². The van der Waals surface area contributed by atoms with Crippen LogP contribution in [0.5, 0.6) is 0 Å². The van der Waals surface area contributed by atoms with E-state index in [0.29, 0.717) is 6.54 Å². The molecule has 4 N–H and O–H groups in total. The molecule has 86 valence electrons. The first-order chi connectivity index (χ1) is 7.84. The molecule has 1 unspecified atom stereocenters. The van der Waals surface area contributed by atoms with Gasteiger partial charge in [-0.25, -0.2) is 10.2 Å². The quantitative estimate of drug-likeness (QED) is 0.593. The number of benzene rings is 1. The van der Waals surface area contributed by atoms with Crippen molar-refractivity contribution >= 4 is 6.03 Å². The Morgan fingerprint density at radius 2 is 2.19 bits per heavy atom. The highest BCUT2D eigenvalue weighted by molar-refractivity contribution is 5.74. The van der Waals surface area contributed by atoms with Crippen molar-refractivity contribution < 1.29 is 4.79 Å². The third kappa shape index (κ3) is 3.22. The SMILES string of the molecule is O=C(NCc1ccccc1)NC1CCNN1. The number of hydrogen-bond acceptors (Lipinski definition) is 3. The van der Waals surface area contributed by atoms with Crippen molar-refractivity contribution in [3.05, 3.63) is 35.9 Å². The van der Waals surface area contributed by atoms with E-state index in [9.17, 15) is 4.79 Å². The van der Waals surface area contributed by atoms with Crippen LogP contribution in [0.25, 0.3) is 0 Å². The molecule has 2 rings (SSSR count). The lowest BCUT2D eigenvalue weighted by molar-refractivity contribution is 0.235. The van der Waals surface area contributed by atoms with Gasteiger partial charge < -0.3 is 10.6 Å². The summed E-state index contributed by atoms with van der Waals surface area (Å²) in [6.45, 7) is 1.43. The summed E-state index contributed by atoms with van der Waals surface area (Å²) in [4.78, 5) is 11.5. The van der Waals surface area contributed by atoms with E-state index < -0.39 is 0 Å². The number of amides is 2. The second-order valence-electron chi connectivity index (χ2n) is 3.72. The Morgan fingerprint density at radius 1 is 1.38 bits per heavy atom. The van der Waals surface area contributed by atoms with Crippen LogP contribution in [0.15, 0.2) is 30.3 Å². The lowest BCUT2D eigenvalue weighted by Crippen LogP contribution is -2.48. The molecule has 16 heavy (non-hydrogen) atoms. The van der Waals surface area contributed by atoms with Crippen molar-refractivity contribution in [2.45, 2.75) is 19.1 Å². The van der Waals surface area contributed by atoms with Crippen molar-refractivity contribution in [2.24, 2.45) is 0 Å². The number of carbonyl (C=O) groups is 1. The van der Waals surface area contributed by atoms with Gasteiger partial charge in [0, 0.05) is 13.1 Å². The molecule has 0 saturated carbocycles. The Hall–Kier alpha value is -1.59. The minimum absolute atomic E-state index is 0.0239. The number of hydrogen-bond donors (Lipinski definition) is 4. The number of hydrazine groups is 1. The van der Waals surface area contributed by atoms with Gasteiger partial charge in [0.1, 0.15) is 0 Å². The Labute approximate surface area is 94.6 Å². The fourth-order valence-electron chi connectivity index (χ4n) is 1.58. The van der Waals surface area contributed by atoms with Crippen LogP contribution in [0.1, 0.15) is 12.0 Å². The van der Waals surface area contributed by atoms with Crippen molar-refractivity contribution in [3.63, 3.8) is 0 Å². The van der Waals surface area contributed by atoms with E-state index in [-0.39, 0.29) is 12.2 Å². The fraction of sp³-hybridized carbons (Fsp3) is 0.364. The first-order valence-electron chi connectivity index (χ1n) is 5.41. The molecule has 1 fully saturated rings. The molecule has 1 aliphatic heterocycles. The van der Waals surface area contributed by atoms with Crippen LogP contribution in [0, 0.1) is 0 Å². The fourth-order valence-corrected chi connectivity index (χ4v) is 1.58. The van der Waals surface area contributed by atoms with Crippen LogP contribution >= 0.6 is 0 Å². The summed E-state index contributed by atoms with van der Waals surface area (Å²) in [7, 11) is 0. The molecule has 0 aliphatic carbocycles. The molecule has 0 aromatic heterocycles. The molecule has 1 atom stereocenters. The van der Waals surface area contributed by atoms with Gasteiger partial charge in [0.25, 0.3) is 0 Å². The molecule has 1 aliphatic rings. The molecule has 0 bridgehead atoms. The maximum Gasteiger partial charge on any atom is 0.316 e. The lowest BCUT2D eigenvalue weighted by Gasteiger charge is -2.12. The highest BCUT2D eigenvalue weighted by atomic mass is 16.2. The van der Waals surface area contributed by atoms with Gasteiger partial charge in [-0.2, -0.15) is 0 Å². The van der Waals surface area contributed by atoms with E-state index in [1.807, 2.05) is 30.3 Å². The zero-order valence-corrected chi connectivity index (χ0v) is 8.99. The Balaban J connectivity index is 1.71. The van der Waals surface area contributed by atoms with Crippen LogP contribution in [0.4, 0.5) is 4.79 Å². The summed E-state index contributed by atoms with van der Waals surface area (Å²) in [6, 6.07) is 9.68. The summed E-state index contributed by atoms with van der Waals surface area (Å²) < 4.78 is 0. The average Bonchev–Trinajstić information content (AvgIpc) is 2.81. The Bertz CT molecular complexity index is 335. The number of carbonyl (C=O) groups excluding carboxylic acids is 1. The second-order valence-corrected chi connectivity index (χ2v) is 3.72. The molecule has 5 heteroatoms.